The van der Waals surface area contributed by atoms with E-state index in [-0.39, 0.29) is 5.91 Å². The molecule has 2 aromatic rings. The molecule has 0 radical (unpaired) electrons. The Morgan fingerprint density at radius 3 is 2.67 bits per heavy atom. The van der Waals surface area contributed by atoms with Gasteiger partial charge in [-0.25, -0.2) is 4.98 Å². The van der Waals surface area contributed by atoms with Gasteiger partial charge in [-0.15, -0.1) is 11.3 Å². The van der Waals surface area contributed by atoms with Crippen LogP contribution in [0.5, 0.6) is 0 Å². The number of hydrogen-bond donors (Lipinski definition) is 2. The van der Waals surface area contributed by atoms with E-state index in [0.29, 0.717) is 13.0 Å². The van der Waals surface area contributed by atoms with Gasteiger partial charge in [0.15, 0.2) is 0 Å². The molecule has 1 heterocycles. The molecule has 0 saturated heterocycles. The summed E-state index contributed by atoms with van der Waals surface area (Å²) >= 11 is 1.68. The first-order valence-corrected chi connectivity index (χ1v) is 7.88. The van der Waals surface area contributed by atoms with Crippen LogP contribution in [-0.4, -0.2) is 23.5 Å². The van der Waals surface area contributed by atoms with Crippen molar-refractivity contribution in [2.24, 2.45) is 5.73 Å². The number of aromatic nitrogens is 1. The third-order valence-electron chi connectivity index (χ3n) is 3.29. The number of nitrogens with one attached hydrogen (secondary N) is 1. The first-order valence-electron chi connectivity index (χ1n) is 7.06. The first kappa shape index (κ1) is 15.7. The topological polar surface area (TPSA) is 68.0 Å². The van der Waals surface area contributed by atoms with Crippen molar-refractivity contribution in [1.29, 1.82) is 0 Å². The number of aryl methyl sites for hydroxylation is 2. The van der Waals surface area contributed by atoms with Gasteiger partial charge in [-0.2, -0.15) is 0 Å². The van der Waals surface area contributed by atoms with Crippen LogP contribution < -0.4 is 11.1 Å². The molecule has 0 aliphatic rings. The molecular formula is C16H21N3OS. The molecule has 1 amide bonds. The second-order valence-corrected chi connectivity index (χ2v) is 6.37. The highest BCUT2D eigenvalue weighted by Crippen LogP contribution is 2.17. The summed E-state index contributed by atoms with van der Waals surface area (Å²) in [6.45, 7) is 4.60. The van der Waals surface area contributed by atoms with Gasteiger partial charge in [-0.1, -0.05) is 30.3 Å². The van der Waals surface area contributed by atoms with E-state index in [0.717, 1.165) is 22.7 Å². The lowest BCUT2D eigenvalue weighted by atomic mass is 10.1. The standard InChI is InChI=1S/C16H21N3OS/c1-11-15(21-12(2)19-11)8-9-18-16(20)14(17)10-13-6-4-3-5-7-13/h3-7,14H,8-10,17H2,1-2H3,(H,18,20). The van der Waals surface area contributed by atoms with Gasteiger partial charge in [0.05, 0.1) is 16.7 Å². The molecule has 0 aliphatic carbocycles. The Hall–Kier alpha value is -1.72. The van der Waals surface area contributed by atoms with Crippen molar-refractivity contribution in [1.82, 2.24) is 10.3 Å². The lowest BCUT2D eigenvalue weighted by Crippen LogP contribution is -2.42. The number of thiazole rings is 1. The van der Waals surface area contributed by atoms with Gasteiger partial charge >= 0.3 is 0 Å². The molecule has 5 heteroatoms. The molecule has 1 atom stereocenters. The fourth-order valence-electron chi connectivity index (χ4n) is 2.20. The van der Waals surface area contributed by atoms with E-state index in [1.54, 1.807) is 11.3 Å². The molecule has 1 unspecified atom stereocenters. The third-order valence-corrected chi connectivity index (χ3v) is 4.42. The molecule has 112 valence electrons. The van der Waals surface area contributed by atoms with Gasteiger partial charge in [-0.3, -0.25) is 4.79 Å². The number of benzene rings is 1. The van der Waals surface area contributed by atoms with Gasteiger partial charge in [0.2, 0.25) is 5.91 Å². The molecule has 0 spiro atoms. The van der Waals surface area contributed by atoms with E-state index in [1.165, 1.54) is 4.88 Å². The molecule has 0 fully saturated rings. The number of nitrogens with two attached hydrogens (primary N) is 1. The highest BCUT2D eigenvalue weighted by molar-refractivity contribution is 7.11. The monoisotopic (exact) mass is 303 g/mol. The van der Waals surface area contributed by atoms with E-state index in [2.05, 4.69) is 10.3 Å². The van der Waals surface area contributed by atoms with Crippen molar-refractivity contribution < 1.29 is 4.79 Å². The Balaban J connectivity index is 1.77. The summed E-state index contributed by atoms with van der Waals surface area (Å²) < 4.78 is 0. The fourth-order valence-corrected chi connectivity index (χ4v) is 3.13. The molecular weight excluding hydrogens is 282 g/mol. The predicted molar refractivity (Wildman–Crippen MR) is 86.4 cm³/mol. The Bertz CT molecular complexity index is 595. The van der Waals surface area contributed by atoms with Crippen LogP contribution in [0.2, 0.25) is 0 Å². The van der Waals surface area contributed by atoms with Gasteiger partial charge in [0.1, 0.15) is 0 Å². The fraction of sp³-hybridized carbons (Fsp3) is 0.375. The average Bonchev–Trinajstić information content (AvgIpc) is 2.78. The molecule has 0 saturated carbocycles. The number of hydrogen-bond acceptors (Lipinski definition) is 4. The average molecular weight is 303 g/mol. The van der Waals surface area contributed by atoms with Gasteiger partial charge in [0.25, 0.3) is 0 Å². The summed E-state index contributed by atoms with van der Waals surface area (Å²) in [5, 5.41) is 3.97. The number of carbonyl (C=O) groups is 1. The maximum Gasteiger partial charge on any atom is 0.237 e. The van der Waals surface area contributed by atoms with Crippen LogP contribution >= 0.6 is 11.3 Å². The maximum atomic E-state index is 12.0. The second-order valence-electron chi connectivity index (χ2n) is 5.08. The minimum absolute atomic E-state index is 0.0993. The minimum Gasteiger partial charge on any atom is -0.354 e. The lowest BCUT2D eigenvalue weighted by molar-refractivity contribution is -0.122. The normalized spacial score (nSPS) is 12.1. The Morgan fingerprint density at radius 2 is 2.05 bits per heavy atom. The van der Waals surface area contributed by atoms with Crippen molar-refractivity contribution in [3.63, 3.8) is 0 Å². The van der Waals surface area contributed by atoms with Crippen LogP contribution in [0, 0.1) is 13.8 Å². The number of amides is 1. The number of rotatable bonds is 6. The summed E-state index contributed by atoms with van der Waals surface area (Å²) in [7, 11) is 0. The molecule has 4 nitrogen and oxygen atoms in total. The minimum atomic E-state index is -0.503. The number of carbonyl (C=O) groups excluding carboxylic acids is 1. The van der Waals surface area contributed by atoms with Crippen LogP contribution in [-0.2, 0) is 17.6 Å². The van der Waals surface area contributed by atoms with Crippen molar-refractivity contribution in [3.05, 3.63) is 51.5 Å². The molecule has 1 aromatic heterocycles. The van der Waals surface area contributed by atoms with E-state index in [1.807, 2.05) is 44.2 Å². The smallest absolute Gasteiger partial charge is 0.237 e. The second kappa shape index (κ2) is 7.33. The third kappa shape index (κ3) is 4.65. The van der Waals surface area contributed by atoms with Crippen molar-refractivity contribution in [2.45, 2.75) is 32.7 Å². The van der Waals surface area contributed by atoms with Crippen LogP contribution in [0.15, 0.2) is 30.3 Å². The zero-order valence-corrected chi connectivity index (χ0v) is 13.2. The van der Waals surface area contributed by atoms with Crippen LogP contribution in [0.3, 0.4) is 0 Å². The molecule has 2 rings (SSSR count). The molecule has 0 aliphatic heterocycles. The van der Waals surface area contributed by atoms with Gasteiger partial charge in [0, 0.05) is 17.8 Å². The molecule has 3 N–H and O–H groups in total. The number of nitrogens with zero attached hydrogens (tertiary/aromatic N) is 1. The predicted octanol–water partition coefficient (Wildman–Crippen LogP) is 1.99. The van der Waals surface area contributed by atoms with Crippen LogP contribution in [0.4, 0.5) is 0 Å². The zero-order valence-electron chi connectivity index (χ0n) is 12.4. The largest absolute Gasteiger partial charge is 0.354 e. The van der Waals surface area contributed by atoms with Crippen molar-refractivity contribution >= 4 is 17.2 Å². The van der Waals surface area contributed by atoms with Crippen molar-refractivity contribution in [2.75, 3.05) is 6.54 Å². The Morgan fingerprint density at radius 1 is 1.33 bits per heavy atom. The van der Waals surface area contributed by atoms with E-state index < -0.39 is 6.04 Å². The quantitative estimate of drug-likeness (QED) is 0.857. The highest BCUT2D eigenvalue weighted by Gasteiger charge is 2.13. The van der Waals surface area contributed by atoms with Crippen molar-refractivity contribution in [3.8, 4) is 0 Å². The SMILES string of the molecule is Cc1nc(C)c(CCNC(=O)C(N)Cc2ccccc2)s1. The highest BCUT2D eigenvalue weighted by atomic mass is 32.1. The Kier molecular flexibility index (Phi) is 5.47. The Labute approximate surface area is 129 Å². The van der Waals surface area contributed by atoms with Crippen LogP contribution in [0.1, 0.15) is 21.1 Å². The zero-order chi connectivity index (χ0) is 15.2. The summed E-state index contributed by atoms with van der Waals surface area (Å²) in [6, 6.07) is 9.32. The van der Waals surface area contributed by atoms with E-state index in [4.69, 9.17) is 5.73 Å². The summed E-state index contributed by atoms with van der Waals surface area (Å²) in [6.07, 6.45) is 1.37. The maximum absolute atomic E-state index is 12.0. The summed E-state index contributed by atoms with van der Waals surface area (Å²) in [5.74, 6) is -0.0993. The van der Waals surface area contributed by atoms with E-state index >= 15 is 0 Å². The molecule has 21 heavy (non-hydrogen) atoms. The van der Waals surface area contributed by atoms with Crippen LogP contribution in [0.25, 0.3) is 0 Å². The molecule has 0 bridgehead atoms. The summed E-state index contributed by atoms with van der Waals surface area (Å²) in [4.78, 5) is 17.6. The van der Waals surface area contributed by atoms with E-state index in [9.17, 15) is 4.79 Å². The first-order chi connectivity index (χ1) is 10.1. The van der Waals surface area contributed by atoms with Gasteiger partial charge < -0.3 is 11.1 Å². The van der Waals surface area contributed by atoms with Gasteiger partial charge in [-0.05, 0) is 25.8 Å². The molecule has 1 aromatic carbocycles. The lowest BCUT2D eigenvalue weighted by Gasteiger charge is -2.12. The summed E-state index contributed by atoms with van der Waals surface area (Å²) in [5.41, 5.74) is 8.07.